The summed E-state index contributed by atoms with van der Waals surface area (Å²) in [4.78, 5) is 17.4. The van der Waals surface area contributed by atoms with Gasteiger partial charge < -0.3 is 11.5 Å². The highest BCUT2D eigenvalue weighted by atomic mass is 35.5. The lowest BCUT2D eigenvalue weighted by Gasteiger charge is -2.12. The Hall–Kier alpha value is -3.65. The molecule has 2 heterocycles. The smallest absolute Gasteiger partial charge is 0.251 e. The van der Waals surface area contributed by atoms with Crippen molar-refractivity contribution in [2.24, 2.45) is 21.5 Å². The van der Waals surface area contributed by atoms with E-state index in [0.29, 0.717) is 33.1 Å². The molecule has 156 valence electrons. The minimum atomic E-state index is -0.719. The van der Waals surface area contributed by atoms with E-state index in [1.165, 1.54) is 24.3 Å². The largest absolute Gasteiger partial charge is 0.402 e. The fraction of sp³-hybridized carbons (Fsp3) is 0.0909. The maximum Gasteiger partial charge on any atom is 0.251 e. The average Bonchev–Trinajstić information content (AvgIpc) is 2.84. The van der Waals surface area contributed by atoms with Gasteiger partial charge in [-0.05, 0) is 37.3 Å². The molecule has 4 rings (SSSR count). The van der Waals surface area contributed by atoms with Crippen molar-refractivity contribution in [3.05, 3.63) is 87.7 Å². The summed E-state index contributed by atoms with van der Waals surface area (Å²) in [6.45, 7) is 1.80. The molecule has 3 aromatic rings. The number of amidine groups is 1. The van der Waals surface area contributed by atoms with Crippen molar-refractivity contribution in [2.75, 3.05) is 0 Å². The molecular formula is C22H17ClF2N6. The summed E-state index contributed by atoms with van der Waals surface area (Å²) in [6.07, 6.45) is 3.06. The molecule has 9 heteroatoms. The quantitative estimate of drug-likeness (QED) is 0.470. The molecular weight excluding hydrogens is 422 g/mol. The van der Waals surface area contributed by atoms with Crippen LogP contribution in [0.1, 0.15) is 23.6 Å². The van der Waals surface area contributed by atoms with Crippen molar-refractivity contribution in [1.82, 2.24) is 9.97 Å². The van der Waals surface area contributed by atoms with E-state index in [1.54, 1.807) is 31.3 Å². The molecule has 0 aliphatic carbocycles. The number of hydrogen-bond donors (Lipinski definition) is 2. The number of rotatable bonds is 3. The van der Waals surface area contributed by atoms with Gasteiger partial charge in [-0.1, -0.05) is 23.7 Å². The fourth-order valence-corrected chi connectivity index (χ4v) is 3.46. The summed E-state index contributed by atoms with van der Waals surface area (Å²) in [5.41, 5.74) is 14.1. The summed E-state index contributed by atoms with van der Waals surface area (Å²) in [5, 5.41) is 0.395. The van der Waals surface area contributed by atoms with Crippen LogP contribution in [0.4, 0.5) is 14.7 Å². The Labute approximate surface area is 182 Å². The monoisotopic (exact) mass is 438 g/mol. The van der Waals surface area contributed by atoms with Gasteiger partial charge in [0.15, 0.2) is 0 Å². The minimum absolute atomic E-state index is 0.117. The molecule has 0 saturated heterocycles. The van der Waals surface area contributed by atoms with E-state index < -0.39 is 11.6 Å². The van der Waals surface area contributed by atoms with E-state index in [0.717, 1.165) is 0 Å². The van der Waals surface area contributed by atoms with E-state index >= 15 is 0 Å². The fourth-order valence-electron chi connectivity index (χ4n) is 3.29. The molecule has 0 spiro atoms. The molecule has 0 fully saturated rings. The van der Waals surface area contributed by atoms with Crippen molar-refractivity contribution >= 4 is 29.1 Å². The van der Waals surface area contributed by atoms with Gasteiger partial charge in [-0.2, -0.15) is 4.99 Å². The molecule has 1 aliphatic heterocycles. The maximum absolute atomic E-state index is 14.6. The molecule has 6 nitrogen and oxygen atoms in total. The van der Waals surface area contributed by atoms with Crippen LogP contribution >= 0.6 is 11.6 Å². The van der Waals surface area contributed by atoms with E-state index in [1.807, 2.05) is 0 Å². The molecule has 1 aromatic heterocycles. The summed E-state index contributed by atoms with van der Waals surface area (Å²) in [5.74, 6) is -1.17. The zero-order valence-corrected chi connectivity index (χ0v) is 17.2. The molecule has 31 heavy (non-hydrogen) atoms. The van der Waals surface area contributed by atoms with Crippen LogP contribution in [0.2, 0.25) is 5.02 Å². The standard InChI is InChI=1S/C22H17ClF2N6/c1-11(26)7-18(27)30-22-29-10-12-9-28-21(19-16(24)3-2-4-17(19)25)15-8-13(23)5-6-14(15)20(12)31-22/h2-8,10H,9,26H2,1H3,(H2,27,29,30,31). The Morgan fingerprint density at radius 1 is 1.13 bits per heavy atom. The van der Waals surface area contributed by atoms with Gasteiger partial charge in [0.1, 0.15) is 17.5 Å². The van der Waals surface area contributed by atoms with Crippen LogP contribution in [0.3, 0.4) is 0 Å². The number of aromatic nitrogens is 2. The van der Waals surface area contributed by atoms with Gasteiger partial charge in [-0.15, -0.1) is 0 Å². The van der Waals surface area contributed by atoms with Gasteiger partial charge in [-0.3, -0.25) is 4.99 Å². The predicted octanol–water partition coefficient (Wildman–Crippen LogP) is 4.28. The number of hydrogen-bond acceptors (Lipinski definition) is 5. The third-order valence-corrected chi connectivity index (χ3v) is 4.79. The molecule has 0 saturated carbocycles. The molecule has 0 atom stereocenters. The van der Waals surface area contributed by atoms with Crippen molar-refractivity contribution in [1.29, 1.82) is 0 Å². The zero-order chi connectivity index (χ0) is 22.1. The van der Waals surface area contributed by atoms with Crippen molar-refractivity contribution in [2.45, 2.75) is 13.5 Å². The summed E-state index contributed by atoms with van der Waals surface area (Å²) >= 11 is 6.21. The second kappa shape index (κ2) is 8.23. The van der Waals surface area contributed by atoms with Crippen LogP contribution in [-0.2, 0) is 6.54 Å². The van der Waals surface area contributed by atoms with Crippen molar-refractivity contribution in [3.8, 4) is 11.3 Å². The van der Waals surface area contributed by atoms with Gasteiger partial charge in [0.05, 0.1) is 23.5 Å². The highest BCUT2D eigenvalue weighted by Crippen LogP contribution is 2.34. The topological polar surface area (TPSA) is 103 Å². The molecule has 4 N–H and O–H groups in total. The first-order chi connectivity index (χ1) is 14.8. The Morgan fingerprint density at radius 2 is 1.87 bits per heavy atom. The number of nitrogens with zero attached hydrogens (tertiary/aromatic N) is 4. The van der Waals surface area contributed by atoms with Gasteiger partial charge >= 0.3 is 0 Å². The Balaban J connectivity index is 1.92. The molecule has 0 unspecified atom stereocenters. The van der Waals surface area contributed by atoms with Crippen LogP contribution in [0.5, 0.6) is 0 Å². The lowest BCUT2D eigenvalue weighted by Crippen LogP contribution is -2.11. The highest BCUT2D eigenvalue weighted by molar-refractivity contribution is 6.31. The van der Waals surface area contributed by atoms with E-state index in [4.69, 9.17) is 23.1 Å². The molecule has 0 radical (unpaired) electrons. The van der Waals surface area contributed by atoms with Crippen molar-refractivity contribution < 1.29 is 8.78 Å². The number of nitrogens with two attached hydrogens (primary N) is 2. The molecule has 1 aliphatic rings. The summed E-state index contributed by atoms with van der Waals surface area (Å²) in [7, 11) is 0. The number of benzene rings is 2. The van der Waals surface area contributed by atoms with Crippen LogP contribution in [-0.4, -0.2) is 21.5 Å². The third-order valence-electron chi connectivity index (χ3n) is 4.56. The zero-order valence-electron chi connectivity index (χ0n) is 16.4. The first-order valence-corrected chi connectivity index (χ1v) is 9.64. The van der Waals surface area contributed by atoms with Gasteiger partial charge in [0, 0.05) is 33.6 Å². The van der Waals surface area contributed by atoms with Gasteiger partial charge in [-0.25, -0.2) is 18.7 Å². The van der Waals surface area contributed by atoms with Crippen molar-refractivity contribution in [3.63, 3.8) is 0 Å². The average molecular weight is 439 g/mol. The Kier molecular flexibility index (Phi) is 5.48. The van der Waals surface area contributed by atoms with Crippen LogP contribution in [0.15, 0.2) is 64.4 Å². The third kappa shape index (κ3) is 4.15. The number of aliphatic imine (C=N–C) groups is 2. The van der Waals surface area contributed by atoms with Gasteiger partial charge in [0.2, 0.25) is 0 Å². The molecule has 0 bridgehead atoms. The number of fused-ring (bicyclic) bond motifs is 3. The Bertz CT molecular complexity index is 1260. The molecule has 0 amide bonds. The second-order valence-electron chi connectivity index (χ2n) is 6.92. The highest BCUT2D eigenvalue weighted by Gasteiger charge is 2.25. The predicted molar refractivity (Wildman–Crippen MR) is 117 cm³/mol. The lowest BCUT2D eigenvalue weighted by atomic mass is 9.95. The number of halogens is 3. The normalized spacial score (nSPS) is 13.9. The van der Waals surface area contributed by atoms with Crippen LogP contribution < -0.4 is 11.5 Å². The van der Waals surface area contributed by atoms with E-state index in [-0.39, 0.29) is 29.6 Å². The van der Waals surface area contributed by atoms with Crippen LogP contribution in [0, 0.1) is 11.6 Å². The second-order valence-corrected chi connectivity index (χ2v) is 7.36. The van der Waals surface area contributed by atoms with Gasteiger partial charge in [0.25, 0.3) is 5.95 Å². The first-order valence-electron chi connectivity index (χ1n) is 9.26. The van der Waals surface area contributed by atoms with E-state index in [2.05, 4.69) is 20.0 Å². The Morgan fingerprint density at radius 3 is 2.58 bits per heavy atom. The minimum Gasteiger partial charge on any atom is -0.402 e. The number of allylic oxidation sites excluding steroid dienone is 1. The summed E-state index contributed by atoms with van der Waals surface area (Å²) < 4.78 is 29.1. The molecule has 2 aromatic carbocycles. The maximum atomic E-state index is 14.6. The summed E-state index contributed by atoms with van der Waals surface area (Å²) in [6, 6.07) is 8.68. The lowest BCUT2D eigenvalue weighted by molar-refractivity contribution is 0.579. The first kappa shape index (κ1) is 20.6. The van der Waals surface area contributed by atoms with E-state index in [9.17, 15) is 8.78 Å². The van der Waals surface area contributed by atoms with Crippen LogP contribution in [0.25, 0.3) is 11.3 Å². The SMILES string of the molecule is CC(N)=CC(N)=Nc1ncc2c(n1)-c1ccc(Cl)cc1C(c1c(F)cccc1F)=NC2.